The molecule has 0 unspecified atom stereocenters. The van der Waals surface area contributed by atoms with Crippen LogP contribution in [0.2, 0.25) is 0 Å². The Balaban J connectivity index is 2.24. The molecule has 2 rings (SSSR count). The molecule has 4 heteroatoms. The Bertz CT molecular complexity index is 552. The van der Waals surface area contributed by atoms with E-state index < -0.39 is 0 Å². The Hall–Kier alpha value is -2.36. The molecular weight excluding hydrogens is 226 g/mol. The summed E-state index contributed by atoms with van der Waals surface area (Å²) in [5.74, 6) is 0.378. The molecule has 2 aromatic rings. The second-order valence-corrected chi connectivity index (χ2v) is 3.97. The first kappa shape index (κ1) is 12.1. The minimum absolute atomic E-state index is 0.168. The second kappa shape index (κ2) is 5.31. The maximum absolute atomic E-state index is 12.1. The van der Waals surface area contributed by atoms with Crippen LogP contribution in [-0.4, -0.2) is 17.9 Å². The number of carbonyl (C=O) groups excluding carboxylic acids is 1. The van der Waals surface area contributed by atoms with Crippen LogP contribution in [0.15, 0.2) is 42.6 Å². The van der Waals surface area contributed by atoms with Gasteiger partial charge in [-0.15, -0.1) is 0 Å². The van der Waals surface area contributed by atoms with Crippen LogP contribution >= 0.6 is 0 Å². The first-order valence-electron chi connectivity index (χ1n) is 5.71. The van der Waals surface area contributed by atoms with Gasteiger partial charge in [0.1, 0.15) is 5.82 Å². The fourth-order valence-corrected chi connectivity index (χ4v) is 1.68. The van der Waals surface area contributed by atoms with E-state index in [1.54, 1.807) is 31.4 Å². The fourth-order valence-electron chi connectivity index (χ4n) is 1.68. The second-order valence-electron chi connectivity index (χ2n) is 3.97. The molecule has 0 bridgehead atoms. The van der Waals surface area contributed by atoms with Gasteiger partial charge in [0.15, 0.2) is 0 Å². The predicted molar refractivity (Wildman–Crippen MR) is 72.9 cm³/mol. The molecule has 0 aliphatic carbocycles. The molecule has 0 fully saturated rings. The summed E-state index contributed by atoms with van der Waals surface area (Å²) in [5.41, 5.74) is 2.52. The first-order valence-corrected chi connectivity index (χ1v) is 5.71. The highest BCUT2D eigenvalue weighted by Crippen LogP contribution is 2.18. The van der Waals surface area contributed by atoms with Gasteiger partial charge in [-0.3, -0.25) is 4.79 Å². The summed E-state index contributed by atoms with van der Waals surface area (Å²) in [5, 5.41) is 5.78. The van der Waals surface area contributed by atoms with Gasteiger partial charge in [-0.05, 0) is 36.8 Å². The standard InChI is InChI=1S/C14H15N3O/c1-10-6-7-11(12(9-10)15-2)14(18)17-13-5-3-4-8-16-13/h3-9,15H,1-2H3,(H,16,17,18). The number of nitrogens with one attached hydrogen (secondary N) is 2. The maximum Gasteiger partial charge on any atom is 0.258 e. The molecule has 1 aromatic heterocycles. The maximum atomic E-state index is 12.1. The number of nitrogens with zero attached hydrogens (tertiary/aromatic N) is 1. The van der Waals surface area contributed by atoms with Crippen LogP contribution < -0.4 is 10.6 Å². The number of hydrogen-bond acceptors (Lipinski definition) is 3. The van der Waals surface area contributed by atoms with Crippen LogP contribution in [0.25, 0.3) is 0 Å². The van der Waals surface area contributed by atoms with Crippen LogP contribution in [0, 0.1) is 6.92 Å². The van der Waals surface area contributed by atoms with E-state index in [1.165, 1.54) is 0 Å². The van der Waals surface area contributed by atoms with E-state index in [-0.39, 0.29) is 5.91 Å². The van der Waals surface area contributed by atoms with Crippen molar-refractivity contribution in [2.45, 2.75) is 6.92 Å². The molecule has 18 heavy (non-hydrogen) atoms. The number of pyridine rings is 1. The van der Waals surface area contributed by atoms with Gasteiger partial charge in [-0.1, -0.05) is 12.1 Å². The molecule has 0 saturated carbocycles. The largest absolute Gasteiger partial charge is 0.387 e. The van der Waals surface area contributed by atoms with Crippen LogP contribution in [0.1, 0.15) is 15.9 Å². The summed E-state index contributed by atoms with van der Waals surface area (Å²) in [6, 6.07) is 11.0. The lowest BCUT2D eigenvalue weighted by atomic mass is 10.1. The Labute approximate surface area is 106 Å². The molecule has 4 nitrogen and oxygen atoms in total. The lowest BCUT2D eigenvalue weighted by Gasteiger charge is -2.10. The minimum Gasteiger partial charge on any atom is -0.387 e. The Kier molecular flexibility index (Phi) is 3.57. The van der Waals surface area contributed by atoms with E-state index in [4.69, 9.17) is 0 Å². The zero-order valence-electron chi connectivity index (χ0n) is 10.4. The normalized spacial score (nSPS) is 9.89. The van der Waals surface area contributed by atoms with E-state index in [2.05, 4.69) is 15.6 Å². The van der Waals surface area contributed by atoms with Crippen LogP contribution in [0.4, 0.5) is 11.5 Å². The number of aromatic nitrogens is 1. The highest BCUT2D eigenvalue weighted by atomic mass is 16.1. The average molecular weight is 241 g/mol. The molecule has 0 radical (unpaired) electrons. The van der Waals surface area contributed by atoms with Crippen molar-refractivity contribution in [1.29, 1.82) is 0 Å². The number of hydrogen-bond donors (Lipinski definition) is 2. The molecule has 92 valence electrons. The summed E-state index contributed by atoms with van der Waals surface area (Å²) in [6.45, 7) is 1.99. The van der Waals surface area contributed by atoms with Crippen molar-refractivity contribution in [3.8, 4) is 0 Å². The quantitative estimate of drug-likeness (QED) is 0.868. The van der Waals surface area contributed by atoms with Gasteiger partial charge in [0.05, 0.1) is 5.56 Å². The van der Waals surface area contributed by atoms with Gasteiger partial charge >= 0.3 is 0 Å². The third-order valence-corrected chi connectivity index (χ3v) is 2.60. The first-order chi connectivity index (χ1) is 8.70. The summed E-state index contributed by atoms with van der Waals surface area (Å²) < 4.78 is 0. The SMILES string of the molecule is CNc1cc(C)ccc1C(=O)Nc1ccccn1. The molecule has 0 spiro atoms. The fraction of sp³-hybridized carbons (Fsp3) is 0.143. The monoisotopic (exact) mass is 241 g/mol. The molecular formula is C14H15N3O. The summed E-state index contributed by atoms with van der Waals surface area (Å²) in [6.07, 6.45) is 1.64. The highest BCUT2D eigenvalue weighted by Gasteiger charge is 2.11. The lowest BCUT2D eigenvalue weighted by molar-refractivity contribution is 0.102. The van der Waals surface area contributed by atoms with Crippen molar-refractivity contribution in [2.24, 2.45) is 0 Å². The summed E-state index contributed by atoms with van der Waals surface area (Å²) >= 11 is 0. The van der Waals surface area contributed by atoms with E-state index >= 15 is 0 Å². The van der Waals surface area contributed by atoms with Crippen LogP contribution in [-0.2, 0) is 0 Å². The van der Waals surface area contributed by atoms with Gasteiger partial charge in [0, 0.05) is 18.9 Å². The van der Waals surface area contributed by atoms with Gasteiger partial charge < -0.3 is 10.6 Å². The van der Waals surface area contributed by atoms with Crippen LogP contribution in [0.3, 0.4) is 0 Å². The lowest BCUT2D eigenvalue weighted by Crippen LogP contribution is -2.14. The minimum atomic E-state index is -0.168. The molecule has 1 amide bonds. The molecule has 0 aliphatic heterocycles. The van der Waals surface area contributed by atoms with Crippen molar-refractivity contribution in [3.63, 3.8) is 0 Å². The topological polar surface area (TPSA) is 54.0 Å². The van der Waals surface area contributed by atoms with Crippen molar-refractivity contribution in [2.75, 3.05) is 17.7 Å². The number of carbonyl (C=O) groups is 1. The zero-order chi connectivity index (χ0) is 13.0. The van der Waals surface area contributed by atoms with Gasteiger partial charge in [-0.2, -0.15) is 0 Å². The number of amides is 1. The van der Waals surface area contributed by atoms with Crippen molar-refractivity contribution in [1.82, 2.24) is 4.98 Å². The van der Waals surface area contributed by atoms with Crippen LogP contribution in [0.5, 0.6) is 0 Å². The third kappa shape index (κ3) is 2.66. The van der Waals surface area contributed by atoms with E-state index in [1.807, 2.05) is 25.1 Å². The highest BCUT2D eigenvalue weighted by molar-refractivity contribution is 6.07. The molecule has 1 heterocycles. The predicted octanol–water partition coefficient (Wildman–Crippen LogP) is 2.68. The molecule has 0 atom stereocenters. The smallest absolute Gasteiger partial charge is 0.258 e. The van der Waals surface area contributed by atoms with Crippen molar-refractivity contribution < 1.29 is 4.79 Å². The Morgan fingerprint density at radius 3 is 2.72 bits per heavy atom. The van der Waals surface area contributed by atoms with E-state index in [9.17, 15) is 4.79 Å². The summed E-state index contributed by atoms with van der Waals surface area (Å²) in [7, 11) is 1.80. The molecule has 2 N–H and O–H groups in total. The summed E-state index contributed by atoms with van der Waals surface area (Å²) in [4.78, 5) is 16.2. The molecule has 0 aliphatic rings. The van der Waals surface area contributed by atoms with E-state index in [0.29, 0.717) is 11.4 Å². The number of anilines is 2. The molecule has 0 saturated heterocycles. The van der Waals surface area contributed by atoms with E-state index in [0.717, 1.165) is 11.3 Å². The van der Waals surface area contributed by atoms with Gasteiger partial charge in [0.25, 0.3) is 5.91 Å². The van der Waals surface area contributed by atoms with Gasteiger partial charge in [0.2, 0.25) is 0 Å². The number of benzene rings is 1. The average Bonchev–Trinajstić information content (AvgIpc) is 2.39. The zero-order valence-corrected chi connectivity index (χ0v) is 10.4. The molecule has 1 aromatic carbocycles. The number of aryl methyl sites for hydroxylation is 1. The van der Waals surface area contributed by atoms with Crippen molar-refractivity contribution in [3.05, 3.63) is 53.7 Å². The third-order valence-electron chi connectivity index (χ3n) is 2.60. The Morgan fingerprint density at radius 2 is 2.06 bits per heavy atom. The van der Waals surface area contributed by atoms with Gasteiger partial charge in [-0.25, -0.2) is 4.98 Å². The van der Waals surface area contributed by atoms with Crippen molar-refractivity contribution >= 4 is 17.4 Å². The Morgan fingerprint density at radius 1 is 1.22 bits per heavy atom. The number of rotatable bonds is 3.